The lowest BCUT2D eigenvalue weighted by atomic mass is 10.2. The maximum Gasteiger partial charge on any atom is 0.241 e. The Morgan fingerprint density at radius 3 is 2.63 bits per heavy atom. The van der Waals surface area contributed by atoms with Crippen LogP contribution in [0.4, 0.5) is 5.69 Å². The second kappa shape index (κ2) is 6.62. The third-order valence-corrected chi connectivity index (χ3v) is 3.39. The van der Waals surface area contributed by atoms with Crippen LogP contribution in [0, 0.1) is 0 Å². The van der Waals surface area contributed by atoms with E-state index in [0.29, 0.717) is 13.0 Å². The minimum Gasteiger partial charge on any atom is -0.385 e. The Kier molecular flexibility index (Phi) is 5.43. The average Bonchev–Trinajstić information content (AvgIpc) is 2.35. The van der Waals surface area contributed by atoms with Crippen LogP contribution in [0.25, 0.3) is 0 Å². The first kappa shape index (κ1) is 15.6. The Hall–Kier alpha value is -1.48. The number of amides is 1. The number of carbonyl (C=O) groups is 1. The van der Waals surface area contributed by atoms with E-state index < -0.39 is 22.0 Å². The number of para-hydroxylation sites is 1. The summed E-state index contributed by atoms with van der Waals surface area (Å²) >= 11 is 0. The van der Waals surface area contributed by atoms with Crippen molar-refractivity contribution in [1.82, 2.24) is 0 Å². The largest absolute Gasteiger partial charge is 0.385 e. The molecule has 0 heterocycles. The minimum absolute atomic E-state index is 0.114. The monoisotopic (exact) mass is 287 g/mol. The van der Waals surface area contributed by atoms with Crippen molar-refractivity contribution in [1.29, 1.82) is 0 Å². The zero-order chi connectivity index (χ0) is 14.5. The number of primary sulfonamides is 1. The fraction of sp³-hybridized carbons (Fsp3) is 0.364. The van der Waals surface area contributed by atoms with E-state index in [2.05, 4.69) is 5.32 Å². The molecule has 0 aromatic heterocycles. The Balaban J connectivity index is 2.86. The van der Waals surface area contributed by atoms with Crippen LogP contribution in [0.15, 0.2) is 29.2 Å². The van der Waals surface area contributed by atoms with Crippen molar-refractivity contribution in [3.8, 4) is 0 Å². The molecule has 0 fully saturated rings. The van der Waals surface area contributed by atoms with E-state index >= 15 is 0 Å². The summed E-state index contributed by atoms with van der Waals surface area (Å²) in [6.45, 7) is 0.339. The summed E-state index contributed by atoms with van der Waals surface area (Å²) in [6, 6.07) is 5.07. The lowest BCUT2D eigenvalue weighted by Gasteiger charge is -2.13. The van der Waals surface area contributed by atoms with Crippen LogP contribution in [-0.4, -0.2) is 34.1 Å². The third-order valence-electron chi connectivity index (χ3n) is 2.42. The van der Waals surface area contributed by atoms with Gasteiger partial charge in [0.2, 0.25) is 15.9 Å². The van der Waals surface area contributed by atoms with Crippen molar-refractivity contribution in [2.75, 3.05) is 19.0 Å². The van der Waals surface area contributed by atoms with E-state index in [1.165, 1.54) is 25.3 Å². The number of nitrogens with one attached hydrogen (secondary N) is 1. The second-order valence-corrected chi connectivity index (χ2v) is 5.45. The van der Waals surface area contributed by atoms with E-state index in [0.717, 1.165) is 0 Å². The smallest absolute Gasteiger partial charge is 0.241 e. The molecule has 19 heavy (non-hydrogen) atoms. The van der Waals surface area contributed by atoms with Gasteiger partial charge in [0.05, 0.1) is 11.7 Å². The van der Waals surface area contributed by atoms with Gasteiger partial charge in [0.25, 0.3) is 0 Å². The predicted molar refractivity (Wildman–Crippen MR) is 70.9 cm³/mol. The number of rotatable bonds is 6. The molecule has 1 aromatic carbocycles. The van der Waals surface area contributed by atoms with Gasteiger partial charge in [-0.1, -0.05) is 12.1 Å². The van der Waals surface area contributed by atoms with E-state index in [-0.39, 0.29) is 10.6 Å². The Labute approximate surface area is 112 Å². The Bertz CT molecular complexity index is 545. The maximum absolute atomic E-state index is 11.8. The Morgan fingerprint density at radius 2 is 2.05 bits per heavy atom. The van der Waals surface area contributed by atoms with Crippen molar-refractivity contribution < 1.29 is 17.9 Å². The van der Waals surface area contributed by atoms with Gasteiger partial charge in [-0.05, 0) is 18.6 Å². The van der Waals surface area contributed by atoms with Crippen molar-refractivity contribution in [2.45, 2.75) is 17.4 Å². The first-order chi connectivity index (χ1) is 8.86. The molecule has 0 aliphatic carbocycles. The minimum atomic E-state index is -3.90. The highest BCUT2D eigenvalue weighted by Crippen LogP contribution is 2.19. The van der Waals surface area contributed by atoms with Crippen LogP contribution < -0.4 is 16.2 Å². The fourth-order valence-corrected chi connectivity index (χ4v) is 2.11. The number of nitrogens with two attached hydrogens (primary N) is 2. The van der Waals surface area contributed by atoms with Gasteiger partial charge in [-0.3, -0.25) is 4.79 Å². The lowest BCUT2D eigenvalue weighted by molar-refractivity contribution is -0.117. The molecule has 5 N–H and O–H groups in total. The summed E-state index contributed by atoms with van der Waals surface area (Å²) in [4.78, 5) is 11.6. The van der Waals surface area contributed by atoms with Gasteiger partial charge in [-0.25, -0.2) is 13.6 Å². The molecule has 1 atom stereocenters. The molecule has 106 valence electrons. The number of carbonyl (C=O) groups excluding carboxylic acids is 1. The fourth-order valence-electron chi connectivity index (χ4n) is 1.42. The number of anilines is 1. The second-order valence-electron chi connectivity index (χ2n) is 3.92. The molecule has 0 bridgehead atoms. The normalized spacial score (nSPS) is 13.0. The predicted octanol–water partition coefficient (Wildman–Crippen LogP) is -0.364. The highest BCUT2D eigenvalue weighted by Gasteiger charge is 2.18. The summed E-state index contributed by atoms with van der Waals surface area (Å²) in [7, 11) is -2.40. The molecule has 0 saturated carbocycles. The molecular weight excluding hydrogens is 270 g/mol. The molecule has 0 saturated heterocycles. The van der Waals surface area contributed by atoms with E-state index in [1.54, 1.807) is 6.07 Å². The first-order valence-corrected chi connectivity index (χ1v) is 7.08. The standard InChI is InChI=1S/C11H17N3O4S/c1-18-7-6-8(12)11(15)14-9-4-2-3-5-10(9)19(13,16)17/h2-5,8H,6-7,12H2,1H3,(H,14,15)(H2,13,16,17). The van der Waals surface area contributed by atoms with Crippen LogP contribution in [-0.2, 0) is 19.6 Å². The SMILES string of the molecule is COCCC(N)C(=O)Nc1ccccc1S(N)(=O)=O. The van der Waals surface area contributed by atoms with Crippen LogP contribution in [0.3, 0.4) is 0 Å². The summed E-state index contributed by atoms with van der Waals surface area (Å²) in [5.41, 5.74) is 5.75. The average molecular weight is 287 g/mol. The zero-order valence-electron chi connectivity index (χ0n) is 10.5. The maximum atomic E-state index is 11.8. The van der Waals surface area contributed by atoms with Crippen LogP contribution >= 0.6 is 0 Å². The van der Waals surface area contributed by atoms with Gasteiger partial charge < -0.3 is 15.8 Å². The van der Waals surface area contributed by atoms with E-state index in [1.807, 2.05) is 0 Å². The molecule has 0 aliphatic rings. The number of ether oxygens (including phenoxy) is 1. The van der Waals surface area contributed by atoms with Crippen molar-refractivity contribution >= 4 is 21.6 Å². The summed E-state index contributed by atoms with van der Waals surface area (Å²) < 4.78 is 27.5. The number of sulfonamides is 1. The summed E-state index contributed by atoms with van der Waals surface area (Å²) in [5, 5.41) is 7.51. The molecule has 0 spiro atoms. The highest BCUT2D eigenvalue weighted by molar-refractivity contribution is 7.89. The zero-order valence-corrected chi connectivity index (χ0v) is 11.3. The third kappa shape index (κ3) is 4.60. The quantitative estimate of drug-likeness (QED) is 0.658. The van der Waals surface area contributed by atoms with Gasteiger partial charge >= 0.3 is 0 Å². The summed E-state index contributed by atoms with van der Waals surface area (Å²) in [5.74, 6) is -0.492. The van der Waals surface area contributed by atoms with Gasteiger partial charge in [-0.15, -0.1) is 0 Å². The van der Waals surface area contributed by atoms with Crippen molar-refractivity contribution in [3.05, 3.63) is 24.3 Å². The molecular formula is C11H17N3O4S. The van der Waals surface area contributed by atoms with Crippen LogP contribution in [0.5, 0.6) is 0 Å². The van der Waals surface area contributed by atoms with E-state index in [4.69, 9.17) is 15.6 Å². The lowest BCUT2D eigenvalue weighted by Crippen LogP contribution is -2.37. The molecule has 1 amide bonds. The number of hydrogen-bond donors (Lipinski definition) is 3. The van der Waals surface area contributed by atoms with Crippen molar-refractivity contribution in [3.63, 3.8) is 0 Å². The summed E-state index contributed by atoms with van der Waals surface area (Å²) in [6.07, 6.45) is 0.333. The molecule has 1 rings (SSSR count). The van der Waals surface area contributed by atoms with Gasteiger partial charge in [0, 0.05) is 13.7 Å². The number of benzene rings is 1. The topological polar surface area (TPSA) is 125 Å². The van der Waals surface area contributed by atoms with Gasteiger partial charge in [0.15, 0.2) is 0 Å². The van der Waals surface area contributed by atoms with Crippen molar-refractivity contribution in [2.24, 2.45) is 10.9 Å². The van der Waals surface area contributed by atoms with Crippen LogP contribution in [0.2, 0.25) is 0 Å². The molecule has 8 heteroatoms. The first-order valence-electron chi connectivity index (χ1n) is 5.53. The number of hydrogen-bond acceptors (Lipinski definition) is 5. The molecule has 1 unspecified atom stereocenters. The molecule has 0 aliphatic heterocycles. The molecule has 0 radical (unpaired) electrons. The highest BCUT2D eigenvalue weighted by atomic mass is 32.2. The van der Waals surface area contributed by atoms with E-state index in [9.17, 15) is 13.2 Å². The Morgan fingerprint density at radius 1 is 1.42 bits per heavy atom. The number of methoxy groups -OCH3 is 1. The molecule has 1 aromatic rings. The van der Waals surface area contributed by atoms with Gasteiger partial charge in [-0.2, -0.15) is 0 Å². The molecule has 7 nitrogen and oxygen atoms in total. The van der Waals surface area contributed by atoms with Crippen LogP contribution in [0.1, 0.15) is 6.42 Å². The van der Waals surface area contributed by atoms with Gasteiger partial charge in [0.1, 0.15) is 4.90 Å².